The number of anilines is 1. The molecule has 1 aliphatic carbocycles. The Hall–Kier alpha value is -3.81. The number of pyridine rings is 1. The van der Waals surface area contributed by atoms with E-state index in [0.29, 0.717) is 28.6 Å². The molecule has 1 aromatic carbocycles. The molecule has 30 heavy (non-hydrogen) atoms. The second kappa shape index (κ2) is 6.91. The zero-order chi connectivity index (χ0) is 20.8. The van der Waals surface area contributed by atoms with Crippen molar-refractivity contribution in [3.05, 3.63) is 59.7 Å². The molecule has 0 aliphatic heterocycles. The highest BCUT2D eigenvalue weighted by molar-refractivity contribution is 6.12. The van der Waals surface area contributed by atoms with E-state index in [1.165, 1.54) is 0 Å². The standard InChI is InChI=1S/C22H20N6O2/c1-12-19-17(9-18(13-6-7-13)26-21(19)28(2)27-12)22(30)25-15-10-23-20(24-11-15)14-4-3-5-16(29)8-14/h3-5,8-11,13,29H,6-7H2,1-2H3,(H,25,30). The first-order valence-corrected chi connectivity index (χ1v) is 9.76. The Morgan fingerprint density at radius 3 is 2.67 bits per heavy atom. The first-order chi connectivity index (χ1) is 14.5. The van der Waals surface area contributed by atoms with Crippen LogP contribution in [0.4, 0.5) is 5.69 Å². The average molecular weight is 400 g/mol. The second-order valence-electron chi connectivity index (χ2n) is 7.58. The largest absolute Gasteiger partial charge is 0.508 e. The maximum absolute atomic E-state index is 13.1. The van der Waals surface area contributed by atoms with Crippen LogP contribution in [0.3, 0.4) is 0 Å². The van der Waals surface area contributed by atoms with Crippen molar-refractivity contribution in [3.63, 3.8) is 0 Å². The Morgan fingerprint density at radius 1 is 1.20 bits per heavy atom. The number of phenolic OH excluding ortho intramolecular Hbond substituents is 1. The summed E-state index contributed by atoms with van der Waals surface area (Å²) in [6.45, 7) is 1.88. The van der Waals surface area contributed by atoms with E-state index in [1.54, 1.807) is 35.3 Å². The first kappa shape index (κ1) is 18.2. The van der Waals surface area contributed by atoms with Crippen molar-refractivity contribution in [2.24, 2.45) is 7.05 Å². The van der Waals surface area contributed by atoms with Crippen molar-refractivity contribution in [1.29, 1.82) is 0 Å². The van der Waals surface area contributed by atoms with E-state index in [9.17, 15) is 9.90 Å². The number of hydrogen-bond acceptors (Lipinski definition) is 6. The number of nitrogens with one attached hydrogen (secondary N) is 1. The molecule has 4 aromatic rings. The number of carbonyl (C=O) groups excluding carboxylic acids is 1. The van der Waals surface area contributed by atoms with E-state index >= 15 is 0 Å². The van der Waals surface area contributed by atoms with Crippen LogP contribution in [0.15, 0.2) is 42.7 Å². The minimum Gasteiger partial charge on any atom is -0.508 e. The van der Waals surface area contributed by atoms with Gasteiger partial charge in [0.15, 0.2) is 11.5 Å². The van der Waals surface area contributed by atoms with Crippen LogP contribution in [0, 0.1) is 6.92 Å². The molecule has 150 valence electrons. The number of amides is 1. The molecule has 0 radical (unpaired) electrons. The summed E-state index contributed by atoms with van der Waals surface area (Å²) in [4.78, 5) is 26.5. The quantitative estimate of drug-likeness (QED) is 0.542. The SMILES string of the molecule is Cc1nn(C)c2nc(C3CC3)cc(C(=O)Nc3cnc(-c4cccc(O)c4)nc3)c12. The van der Waals surface area contributed by atoms with Crippen LogP contribution in [-0.2, 0) is 7.05 Å². The number of carbonyl (C=O) groups is 1. The van der Waals surface area contributed by atoms with E-state index in [-0.39, 0.29) is 11.7 Å². The van der Waals surface area contributed by atoms with Gasteiger partial charge < -0.3 is 10.4 Å². The predicted molar refractivity (Wildman–Crippen MR) is 112 cm³/mol. The minimum absolute atomic E-state index is 0.147. The number of nitrogens with zero attached hydrogens (tertiary/aromatic N) is 5. The average Bonchev–Trinajstić information content (AvgIpc) is 3.54. The summed E-state index contributed by atoms with van der Waals surface area (Å²) in [5.74, 6) is 0.790. The molecule has 1 amide bonds. The normalized spacial score (nSPS) is 13.5. The van der Waals surface area contributed by atoms with Gasteiger partial charge in [-0.2, -0.15) is 5.10 Å². The van der Waals surface area contributed by atoms with Gasteiger partial charge in [0.25, 0.3) is 5.91 Å². The van der Waals surface area contributed by atoms with Gasteiger partial charge in [0, 0.05) is 24.2 Å². The fraction of sp³-hybridized carbons (Fsp3) is 0.227. The van der Waals surface area contributed by atoms with Crippen LogP contribution in [0.1, 0.15) is 40.5 Å². The van der Waals surface area contributed by atoms with Gasteiger partial charge in [-0.15, -0.1) is 0 Å². The number of rotatable bonds is 4. The molecule has 5 rings (SSSR count). The summed E-state index contributed by atoms with van der Waals surface area (Å²) < 4.78 is 1.72. The summed E-state index contributed by atoms with van der Waals surface area (Å²) in [6.07, 6.45) is 5.31. The van der Waals surface area contributed by atoms with Crippen LogP contribution >= 0.6 is 0 Å². The molecule has 0 atom stereocenters. The van der Waals surface area contributed by atoms with Crippen LogP contribution in [0.25, 0.3) is 22.4 Å². The smallest absolute Gasteiger partial charge is 0.256 e. The summed E-state index contributed by atoms with van der Waals surface area (Å²) in [6, 6.07) is 8.60. The highest BCUT2D eigenvalue weighted by Gasteiger charge is 2.28. The molecule has 0 unspecified atom stereocenters. The molecule has 8 nitrogen and oxygen atoms in total. The predicted octanol–water partition coefficient (Wildman–Crippen LogP) is 3.57. The van der Waals surface area contributed by atoms with Crippen molar-refractivity contribution >= 4 is 22.6 Å². The number of benzene rings is 1. The monoisotopic (exact) mass is 400 g/mol. The number of aromatic nitrogens is 5. The van der Waals surface area contributed by atoms with Gasteiger partial charge in [-0.05, 0) is 38.0 Å². The molecule has 1 aliphatic rings. The molecule has 1 fully saturated rings. The molecule has 3 heterocycles. The lowest BCUT2D eigenvalue weighted by molar-refractivity contribution is 0.102. The highest BCUT2D eigenvalue weighted by atomic mass is 16.3. The Bertz CT molecular complexity index is 1280. The maximum Gasteiger partial charge on any atom is 0.256 e. The van der Waals surface area contributed by atoms with Crippen molar-refractivity contribution in [3.8, 4) is 17.1 Å². The topological polar surface area (TPSA) is 106 Å². The Morgan fingerprint density at radius 2 is 1.97 bits per heavy atom. The Balaban J connectivity index is 1.46. The minimum atomic E-state index is -0.242. The van der Waals surface area contributed by atoms with Gasteiger partial charge in [-0.25, -0.2) is 15.0 Å². The lowest BCUT2D eigenvalue weighted by Gasteiger charge is -2.09. The van der Waals surface area contributed by atoms with Crippen molar-refractivity contribution in [2.45, 2.75) is 25.7 Å². The lowest BCUT2D eigenvalue weighted by atomic mass is 10.1. The van der Waals surface area contributed by atoms with E-state index in [4.69, 9.17) is 4.98 Å². The highest BCUT2D eigenvalue weighted by Crippen LogP contribution is 2.40. The number of aromatic hydroxyl groups is 1. The van der Waals surface area contributed by atoms with Gasteiger partial charge in [0.2, 0.25) is 0 Å². The molecule has 3 aromatic heterocycles. The molecule has 0 spiro atoms. The summed E-state index contributed by atoms with van der Waals surface area (Å²) in [5, 5.41) is 17.7. The number of aryl methyl sites for hydroxylation is 2. The van der Waals surface area contributed by atoms with Crippen LogP contribution in [0.5, 0.6) is 5.75 Å². The Kier molecular flexibility index (Phi) is 4.20. The summed E-state index contributed by atoms with van der Waals surface area (Å²) >= 11 is 0. The molecule has 8 heteroatoms. The molecule has 0 saturated heterocycles. The Labute approximate surface area is 172 Å². The fourth-order valence-corrected chi connectivity index (χ4v) is 3.62. The fourth-order valence-electron chi connectivity index (χ4n) is 3.62. The third-order valence-electron chi connectivity index (χ3n) is 5.24. The number of fused-ring (bicyclic) bond motifs is 1. The van der Waals surface area contributed by atoms with Gasteiger partial charge in [0.05, 0.1) is 34.7 Å². The molecule has 0 bridgehead atoms. The van der Waals surface area contributed by atoms with E-state index in [0.717, 1.165) is 35.3 Å². The zero-order valence-corrected chi connectivity index (χ0v) is 16.6. The van der Waals surface area contributed by atoms with Gasteiger partial charge >= 0.3 is 0 Å². The second-order valence-corrected chi connectivity index (χ2v) is 7.58. The van der Waals surface area contributed by atoms with Crippen LogP contribution < -0.4 is 5.32 Å². The van der Waals surface area contributed by atoms with Crippen LogP contribution in [0.2, 0.25) is 0 Å². The number of hydrogen-bond donors (Lipinski definition) is 2. The van der Waals surface area contributed by atoms with Crippen molar-refractivity contribution in [2.75, 3.05) is 5.32 Å². The molecule has 2 N–H and O–H groups in total. The first-order valence-electron chi connectivity index (χ1n) is 9.76. The molecular weight excluding hydrogens is 380 g/mol. The number of phenols is 1. The maximum atomic E-state index is 13.1. The van der Waals surface area contributed by atoms with E-state index in [1.807, 2.05) is 26.1 Å². The van der Waals surface area contributed by atoms with Gasteiger partial charge in [-0.3, -0.25) is 9.48 Å². The van der Waals surface area contributed by atoms with Gasteiger partial charge in [0.1, 0.15) is 5.75 Å². The van der Waals surface area contributed by atoms with Crippen molar-refractivity contribution in [1.82, 2.24) is 24.7 Å². The third-order valence-corrected chi connectivity index (χ3v) is 5.24. The van der Waals surface area contributed by atoms with E-state index in [2.05, 4.69) is 20.4 Å². The molecule has 1 saturated carbocycles. The lowest BCUT2D eigenvalue weighted by Crippen LogP contribution is -2.14. The molecular formula is C22H20N6O2. The van der Waals surface area contributed by atoms with Crippen molar-refractivity contribution < 1.29 is 9.90 Å². The third kappa shape index (κ3) is 3.26. The van der Waals surface area contributed by atoms with Crippen LogP contribution in [-0.4, -0.2) is 35.7 Å². The summed E-state index contributed by atoms with van der Waals surface area (Å²) in [5.41, 5.74) is 4.17. The zero-order valence-electron chi connectivity index (χ0n) is 16.6. The summed E-state index contributed by atoms with van der Waals surface area (Å²) in [7, 11) is 1.84. The van der Waals surface area contributed by atoms with Gasteiger partial charge in [-0.1, -0.05) is 12.1 Å². The van der Waals surface area contributed by atoms with E-state index < -0.39 is 0 Å².